The minimum absolute atomic E-state index is 0.171. The Labute approximate surface area is 183 Å². The van der Waals surface area contributed by atoms with Gasteiger partial charge in [0.05, 0.1) is 17.3 Å². The van der Waals surface area contributed by atoms with Crippen molar-refractivity contribution in [3.05, 3.63) is 58.6 Å². The van der Waals surface area contributed by atoms with Gasteiger partial charge >= 0.3 is 0 Å². The topological polar surface area (TPSA) is 76.4 Å². The molecule has 1 amide bonds. The molecular weight excluding hydrogens is 448 g/mol. The Kier molecular flexibility index (Phi) is 6.27. The number of carbonyl (C=O) groups is 1. The van der Waals surface area contributed by atoms with Crippen LogP contribution < -0.4 is 9.64 Å². The summed E-state index contributed by atoms with van der Waals surface area (Å²) < 4.78 is 7.89. The van der Waals surface area contributed by atoms with E-state index in [1.165, 1.54) is 0 Å². The summed E-state index contributed by atoms with van der Waals surface area (Å²) in [6, 6.07) is 15.7. The van der Waals surface area contributed by atoms with Crippen molar-refractivity contribution in [1.82, 2.24) is 25.1 Å². The highest BCUT2D eigenvalue weighted by molar-refractivity contribution is 9.10. The lowest BCUT2D eigenvalue weighted by molar-refractivity contribution is -0.131. The molecule has 1 aromatic heterocycles. The minimum atomic E-state index is 0.171. The monoisotopic (exact) mass is 470 g/mol. The van der Waals surface area contributed by atoms with Gasteiger partial charge in [0.1, 0.15) is 5.75 Å². The molecule has 3 aromatic rings. The maximum atomic E-state index is 12.7. The lowest BCUT2D eigenvalue weighted by Crippen LogP contribution is -2.49. The Morgan fingerprint density at radius 2 is 1.87 bits per heavy atom. The molecule has 1 aliphatic heterocycles. The summed E-state index contributed by atoms with van der Waals surface area (Å²) in [6.45, 7) is 2.72. The fraction of sp³-hybridized carbons (Fsp3) is 0.333. The highest BCUT2D eigenvalue weighted by atomic mass is 79.9. The van der Waals surface area contributed by atoms with E-state index in [9.17, 15) is 4.79 Å². The summed E-state index contributed by atoms with van der Waals surface area (Å²) in [7, 11) is 1.64. The molecule has 0 bridgehead atoms. The zero-order valence-electron chi connectivity index (χ0n) is 16.7. The van der Waals surface area contributed by atoms with E-state index >= 15 is 0 Å². The van der Waals surface area contributed by atoms with Gasteiger partial charge in [-0.3, -0.25) is 4.79 Å². The number of ether oxygens (including phenoxy) is 1. The lowest BCUT2D eigenvalue weighted by Gasteiger charge is -2.34. The van der Waals surface area contributed by atoms with E-state index in [0.29, 0.717) is 45.0 Å². The van der Waals surface area contributed by atoms with Crippen molar-refractivity contribution in [2.45, 2.75) is 12.8 Å². The molecule has 1 saturated heterocycles. The Morgan fingerprint density at radius 1 is 1.10 bits per heavy atom. The predicted octanol–water partition coefficient (Wildman–Crippen LogP) is 2.71. The third kappa shape index (κ3) is 4.46. The number of para-hydroxylation sites is 1. The molecule has 1 aliphatic rings. The minimum Gasteiger partial charge on any atom is -0.496 e. The van der Waals surface area contributed by atoms with Gasteiger partial charge in [0, 0.05) is 32.6 Å². The van der Waals surface area contributed by atoms with Crippen LogP contribution in [0.2, 0.25) is 0 Å². The number of anilines is 1. The molecule has 4 rings (SSSR count). The summed E-state index contributed by atoms with van der Waals surface area (Å²) in [5.74, 6) is 1.67. The van der Waals surface area contributed by atoms with Gasteiger partial charge in [-0.15, -0.1) is 0 Å². The average molecular weight is 471 g/mol. The molecule has 2 heterocycles. The van der Waals surface area contributed by atoms with E-state index in [4.69, 9.17) is 4.74 Å². The number of hydrogen-bond donors (Lipinski definition) is 0. The Morgan fingerprint density at radius 3 is 2.57 bits per heavy atom. The van der Waals surface area contributed by atoms with Crippen LogP contribution in [0.5, 0.6) is 5.75 Å². The third-order valence-electron chi connectivity index (χ3n) is 5.21. The Balaban J connectivity index is 1.32. The number of carbonyl (C=O) groups excluding carboxylic acids is 1. The molecule has 2 aromatic carbocycles. The largest absolute Gasteiger partial charge is 0.496 e. The lowest BCUT2D eigenvalue weighted by atomic mass is 10.1. The molecule has 0 saturated carbocycles. The fourth-order valence-corrected chi connectivity index (χ4v) is 4.13. The molecular formula is C21H23BrN6O2. The zero-order chi connectivity index (χ0) is 20.9. The first-order valence-electron chi connectivity index (χ1n) is 9.84. The van der Waals surface area contributed by atoms with Gasteiger partial charge in [0.15, 0.2) is 0 Å². The number of methoxy groups -OCH3 is 1. The number of nitrogens with zero attached hydrogens (tertiary/aromatic N) is 6. The molecule has 0 N–H and O–H groups in total. The van der Waals surface area contributed by atoms with Crippen LogP contribution in [0, 0.1) is 0 Å². The van der Waals surface area contributed by atoms with E-state index < -0.39 is 0 Å². The smallest absolute Gasteiger partial charge is 0.250 e. The Bertz CT molecular complexity index is 1000. The second-order valence-corrected chi connectivity index (χ2v) is 7.92. The van der Waals surface area contributed by atoms with E-state index in [2.05, 4.69) is 36.4 Å². The first-order valence-corrected chi connectivity index (χ1v) is 10.6. The van der Waals surface area contributed by atoms with Gasteiger partial charge in [0.25, 0.3) is 0 Å². The van der Waals surface area contributed by atoms with E-state index in [1.54, 1.807) is 11.8 Å². The standard InChI is InChI=1S/C21H23BrN6O2/c1-30-19-9-7-16(15-18(19)22)8-10-20(29)26-11-13-27(14-12-26)21-23-24-25-28(21)17-5-3-2-4-6-17/h2-7,9,15H,8,10-14H2,1H3. The fourth-order valence-electron chi connectivity index (χ4n) is 3.55. The van der Waals surface area contributed by atoms with Crippen LogP contribution in [0.1, 0.15) is 12.0 Å². The SMILES string of the molecule is COc1ccc(CCC(=O)N2CCN(c3nnnn3-c3ccccc3)CC2)cc1Br. The van der Waals surface area contributed by atoms with Crippen molar-refractivity contribution in [3.63, 3.8) is 0 Å². The number of aryl methyl sites for hydroxylation is 1. The Hall–Kier alpha value is -2.94. The summed E-state index contributed by atoms with van der Waals surface area (Å²) in [4.78, 5) is 16.7. The third-order valence-corrected chi connectivity index (χ3v) is 5.83. The van der Waals surface area contributed by atoms with Crippen molar-refractivity contribution >= 4 is 27.8 Å². The average Bonchev–Trinajstić information content (AvgIpc) is 3.28. The zero-order valence-corrected chi connectivity index (χ0v) is 18.3. The number of hydrogen-bond acceptors (Lipinski definition) is 6. The van der Waals surface area contributed by atoms with Gasteiger partial charge in [-0.05, 0) is 62.6 Å². The van der Waals surface area contributed by atoms with Gasteiger partial charge in [-0.2, -0.15) is 4.68 Å². The molecule has 0 atom stereocenters. The van der Waals surface area contributed by atoms with Crippen molar-refractivity contribution in [2.24, 2.45) is 0 Å². The van der Waals surface area contributed by atoms with Crippen LogP contribution in [0.15, 0.2) is 53.0 Å². The number of piperazine rings is 1. The van der Waals surface area contributed by atoms with Crippen LogP contribution in [0.25, 0.3) is 5.69 Å². The quantitative estimate of drug-likeness (QED) is 0.551. The van der Waals surface area contributed by atoms with Crippen molar-refractivity contribution < 1.29 is 9.53 Å². The number of aromatic nitrogens is 4. The number of halogens is 1. The summed E-state index contributed by atoms with van der Waals surface area (Å²) in [6.07, 6.45) is 1.19. The van der Waals surface area contributed by atoms with Crippen LogP contribution in [-0.2, 0) is 11.2 Å². The number of benzene rings is 2. The van der Waals surface area contributed by atoms with Crippen molar-refractivity contribution in [3.8, 4) is 11.4 Å². The van der Waals surface area contributed by atoms with E-state index in [0.717, 1.165) is 21.5 Å². The summed E-state index contributed by atoms with van der Waals surface area (Å²) in [5.41, 5.74) is 2.03. The molecule has 0 unspecified atom stereocenters. The van der Waals surface area contributed by atoms with Crippen molar-refractivity contribution in [1.29, 1.82) is 0 Å². The molecule has 9 heteroatoms. The first kappa shape index (κ1) is 20.3. The normalized spacial score (nSPS) is 14.1. The van der Waals surface area contributed by atoms with Gasteiger partial charge in [-0.1, -0.05) is 29.4 Å². The molecule has 30 heavy (non-hydrogen) atoms. The van der Waals surface area contributed by atoms with Gasteiger partial charge in [-0.25, -0.2) is 0 Å². The predicted molar refractivity (Wildman–Crippen MR) is 117 cm³/mol. The molecule has 0 spiro atoms. The maximum Gasteiger partial charge on any atom is 0.250 e. The van der Waals surface area contributed by atoms with Gasteiger partial charge in [0.2, 0.25) is 11.9 Å². The molecule has 1 fully saturated rings. The highest BCUT2D eigenvalue weighted by Gasteiger charge is 2.24. The van der Waals surface area contributed by atoms with Crippen LogP contribution in [0.4, 0.5) is 5.95 Å². The highest BCUT2D eigenvalue weighted by Crippen LogP contribution is 2.26. The van der Waals surface area contributed by atoms with Crippen molar-refractivity contribution in [2.75, 3.05) is 38.2 Å². The first-order chi connectivity index (χ1) is 14.7. The summed E-state index contributed by atoms with van der Waals surface area (Å²) >= 11 is 3.50. The second kappa shape index (κ2) is 9.25. The maximum absolute atomic E-state index is 12.7. The molecule has 0 radical (unpaired) electrons. The van der Waals surface area contributed by atoms with Crippen LogP contribution in [-0.4, -0.2) is 64.3 Å². The number of tetrazole rings is 1. The number of rotatable bonds is 6. The molecule has 0 aliphatic carbocycles. The van der Waals surface area contributed by atoms with Gasteiger partial charge < -0.3 is 14.5 Å². The van der Waals surface area contributed by atoms with E-state index in [1.807, 2.05) is 53.4 Å². The van der Waals surface area contributed by atoms with Crippen LogP contribution in [0.3, 0.4) is 0 Å². The molecule has 8 nitrogen and oxygen atoms in total. The van der Waals surface area contributed by atoms with Crippen LogP contribution >= 0.6 is 15.9 Å². The summed E-state index contributed by atoms with van der Waals surface area (Å²) in [5, 5.41) is 12.2. The number of amides is 1. The van der Waals surface area contributed by atoms with E-state index in [-0.39, 0.29) is 5.91 Å². The molecule has 156 valence electrons. The second-order valence-electron chi connectivity index (χ2n) is 7.06.